The maximum absolute atomic E-state index is 11.7. The lowest BCUT2D eigenvalue weighted by Gasteiger charge is -2.10. The number of rotatable bonds is 6. The lowest BCUT2D eigenvalue weighted by Crippen LogP contribution is -2.11. The number of primary amides is 1. The molecule has 0 bridgehead atoms. The molecule has 150 valence electrons. The normalized spacial score (nSPS) is 14.2. The molecule has 0 heterocycles. The van der Waals surface area contributed by atoms with E-state index in [0.29, 0.717) is 0 Å². The summed E-state index contributed by atoms with van der Waals surface area (Å²) in [5, 5.41) is 10.5. The van der Waals surface area contributed by atoms with E-state index in [-0.39, 0.29) is 12.2 Å². The zero-order valence-corrected chi connectivity index (χ0v) is 17.1. The van der Waals surface area contributed by atoms with Crippen LogP contribution in [0.5, 0.6) is 5.75 Å². The quantitative estimate of drug-likeness (QED) is 0.572. The topological polar surface area (TPSA) is 63.3 Å². The van der Waals surface area contributed by atoms with Gasteiger partial charge in [-0.05, 0) is 64.0 Å². The molecule has 0 fully saturated rings. The predicted molar refractivity (Wildman–Crippen MR) is 123 cm³/mol. The number of carbonyl (C=O) groups excluding carboxylic acids is 1. The molecule has 0 aromatic heterocycles. The van der Waals surface area contributed by atoms with Crippen molar-refractivity contribution in [3.05, 3.63) is 106 Å². The van der Waals surface area contributed by atoms with Crippen LogP contribution in [0.25, 0.3) is 17.2 Å². The second-order valence-corrected chi connectivity index (χ2v) is 7.57. The molecule has 0 radical (unpaired) electrons. The molecule has 0 saturated heterocycles. The Kier molecular flexibility index (Phi) is 5.53. The maximum atomic E-state index is 11.7. The monoisotopic (exact) mass is 395 g/mol. The lowest BCUT2D eigenvalue weighted by atomic mass is 9.94. The number of phenols is 1. The van der Waals surface area contributed by atoms with Crippen LogP contribution in [-0.4, -0.2) is 11.0 Å². The fourth-order valence-electron chi connectivity index (χ4n) is 4.30. The molecule has 0 unspecified atom stereocenters. The fraction of sp³-hybridized carbons (Fsp3) is 0.148. The fourth-order valence-corrected chi connectivity index (χ4v) is 4.30. The standard InChI is InChI=1S/C27H25NO2/c1-2-21-23(22-13-8-14-25(29)27(22)24(21)17-26(28)30)16-20-12-7-6-11-19(20)15-18-9-4-3-5-10-18/h3-14,16,29H,2,15,17H2,1H3,(H2,28,30)/b23-16-. The van der Waals surface area contributed by atoms with E-state index in [1.807, 2.05) is 24.3 Å². The predicted octanol–water partition coefficient (Wildman–Crippen LogP) is 5.58. The minimum Gasteiger partial charge on any atom is -0.507 e. The molecule has 1 aliphatic rings. The highest BCUT2D eigenvalue weighted by Gasteiger charge is 2.28. The van der Waals surface area contributed by atoms with Crippen LogP contribution in [0.1, 0.15) is 47.6 Å². The summed E-state index contributed by atoms with van der Waals surface area (Å²) in [7, 11) is 0. The minimum absolute atomic E-state index is 0.122. The van der Waals surface area contributed by atoms with Gasteiger partial charge in [0.1, 0.15) is 5.75 Å². The highest BCUT2D eigenvalue weighted by atomic mass is 16.3. The third-order valence-corrected chi connectivity index (χ3v) is 5.62. The van der Waals surface area contributed by atoms with E-state index in [4.69, 9.17) is 5.73 Å². The molecule has 0 aliphatic heterocycles. The summed E-state index contributed by atoms with van der Waals surface area (Å²) in [6.07, 6.45) is 3.90. The van der Waals surface area contributed by atoms with E-state index in [1.165, 1.54) is 11.1 Å². The van der Waals surface area contributed by atoms with Gasteiger partial charge in [0.05, 0.1) is 6.42 Å². The molecule has 3 nitrogen and oxygen atoms in total. The van der Waals surface area contributed by atoms with Crippen LogP contribution in [0.2, 0.25) is 0 Å². The van der Waals surface area contributed by atoms with Gasteiger partial charge in [-0.3, -0.25) is 4.79 Å². The molecule has 3 N–H and O–H groups in total. The third kappa shape index (κ3) is 3.79. The van der Waals surface area contributed by atoms with E-state index in [0.717, 1.165) is 46.3 Å². The molecular formula is C27H25NO2. The smallest absolute Gasteiger partial charge is 0.221 e. The summed E-state index contributed by atoms with van der Waals surface area (Å²) < 4.78 is 0. The second-order valence-electron chi connectivity index (χ2n) is 7.57. The summed E-state index contributed by atoms with van der Waals surface area (Å²) >= 11 is 0. The Hall–Kier alpha value is -3.59. The van der Waals surface area contributed by atoms with Crippen molar-refractivity contribution in [2.45, 2.75) is 26.2 Å². The Morgan fingerprint density at radius 3 is 2.40 bits per heavy atom. The molecule has 1 aliphatic carbocycles. The molecule has 0 spiro atoms. The molecule has 0 atom stereocenters. The Bertz CT molecular complexity index is 1160. The van der Waals surface area contributed by atoms with Crippen LogP contribution in [0.3, 0.4) is 0 Å². The largest absolute Gasteiger partial charge is 0.507 e. The molecule has 3 aromatic rings. The zero-order valence-electron chi connectivity index (χ0n) is 17.1. The van der Waals surface area contributed by atoms with E-state index >= 15 is 0 Å². The second kappa shape index (κ2) is 8.42. The highest BCUT2D eigenvalue weighted by molar-refractivity contribution is 6.09. The number of benzene rings is 3. The van der Waals surface area contributed by atoms with Crippen molar-refractivity contribution in [1.82, 2.24) is 0 Å². The summed E-state index contributed by atoms with van der Waals surface area (Å²) in [6.45, 7) is 2.07. The van der Waals surface area contributed by atoms with Gasteiger partial charge in [0.15, 0.2) is 0 Å². The number of aromatic hydroxyl groups is 1. The van der Waals surface area contributed by atoms with Crippen LogP contribution in [0, 0.1) is 0 Å². The van der Waals surface area contributed by atoms with Crippen LogP contribution in [-0.2, 0) is 11.2 Å². The van der Waals surface area contributed by atoms with Crippen molar-refractivity contribution >= 4 is 23.1 Å². The Labute approximate surface area is 177 Å². The Balaban J connectivity index is 1.85. The van der Waals surface area contributed by atoms with E-state index in [2.05, 4.69) is 55.5 Å². The third-order valence-electron chi connectivity index (χ3n) is 5.62. The van der Waals surface area contributed by atoms with Crippen molar-refractivity contribution in [2.24, 2.45) is 5.73 Å². The van der Waals surface area contributed by atoms with Gasteiger partial charge in [0, 0.05) is 5.56 Å². The average molecular weight is 396 g/mol. The number of fused-ring (bicyclic) bond motifs is 1. The SMILES string of the molecule is CCC1=C(CC(N)=O)c2c(O)cccc2/C1=C\c1ccccc1Cc1ccccc1. The zero-order chi connectivity index (χ0) is 21.1. The summed E-state index contributed by atoms with van der Waals surface area (Å²) in [5.41, 5.74) is 13.8. The number of hydrogen-bond donors (Lipinski definition) is 2. The lowest BCUT2D eigenvalue weighted by molar-refractivity contribution is -0.117. The molecular weight excluding hydrogens is 370 g/mol. The average Bonchev–Trinajstić information content (AvgIpc) is 3.03. The number of allylic oxidation sites excluding steroid dienone is 2. The van der Waals surface area contributed by atoms with Crippen LogP contribution in [0.4, 0.5) is 0 Å². The van der Waals surface area contributed by atoms with Crippen molar-refractivity contribution in [1.29, 1.82) is 0 Å². The van der Waals surface area contributed by atoms with Crippen molar-refractivity contribution < 1.29 is 9.90 Å². The van der Waals surface area contributed by atoms with Gasteiger partial charge in [0.25, 0.3) is 0 Å². The Morgan fingerprint density at radius 1 is 0.933 bits per heavy atom. The first-order chi connectivity index (χ1) is 14.6. The number of amides is 1. The van der Waals surface area contributed by atoms with Crippen molar-refractivity contribution in [3.8, 4) is 5.75 Å². The Morgan fingerprint density at radius 2 is 1.67 bits per heavy atom. The van der Waals surface area contributed by atoms with Crippen LogP contribution in [0.15, 0.2) is 78.4 Å². The number of carbonyl (C=O) groups is 1. The summed E-state index contributed by atoms with van der Waals surface area (Å²) in [5.74, 6) is -0.202. The first-order valence-electron chi connectivity index (χ1n) is 10.3. The van der Waals surface area contributed by atoms with Crippen LogP contribution < -0.4 is 5.73 Å². The van der Waals surface area contributed by atoms with Gasteiger partial charge in [-0.25, -0.2) is 0 Å². The van der Waals surface area contributed by atoms with Crippen LogP contribution >= 0.6 is 0 Å². The summed E-state index contributed by atoms with van der Waals surface area (Å²) in [4.78, 5) is 11.7. The van der Waals surface area contributed by atoms with E-state index in [9.17, 15) is 9.90 Å². The van der Waals surface area contributed by atoms with Crippen molar-refractivity contribution in [3.63, 3.8) is 0 Å². The first kappa shape index (κ1) is 19.7. The molecule has 3 heteroatoms. The highest BCUT2D eigenvalue weighted by Crippen LogP contribution is 2.48. The molecule has 0 saturated carbocycles. The first-order valence-corrected chi connectivity index (χ1v) is 10.3. The van der Waals surface area contributed by atoms with Gasteiger partial charge in [-0.2, -0.15) is 0 Å². The van der Waals surface area contributed by atoms with Gasteiger partial charge >= 0.3 is 0 Å². The number of hydrogen-bond acceptors (Lipinski definition) is 2. The van der Waals surface area contributed by atoms with Gasteiger partial charge in [0.2, 0.25) is 5.91 Å². The minimum atomic E-state index is -0.393. The van der Waals surface area contributed by atoms with E-state index < -0.39 is 5.91 Å². The molecule has 4 rings (SSSR count). The number of phenolic OH excluding ortho intramolecular Hbond substituents is 1. The molecule has 1 amide bonds. The van der Waals surface area contributed by atoms with Crippen molar-refractivity contribution in [2.75, 3.05) is 0 Å². The number of nitrogens with two attached hydrogens (primary N) is 1. The van der Waals surface area contributed by atoms with E-state index in [1.54, 1.807) is 6.07 Å². The molecule has 30 heavy (non-hydrogen) atoms. The van der Waals surface area contributed by atoms with Gasteiger partial charge in [-0.15, -0.1) is 0 Å². The van der Waals surface area contributed by atoms with Gasteiger partial charge in [-0.1, -0.05) is 73.7 Å². The van der Waals surface area contributed by atoms with Gasteiger partial charge < -0.3 is 10.8 Å². The maximum Gasteiger partial charge on any atom is 0.221 e. The summed E-state index contributed by atoms with van der Waals surface area (Å²) in [6, 6.07) is 24.3. The molecule has 3 aromatic carbocycles.